The topological polar surface area (TPSA) is 41.5 Å². The van der Waals surface area contributed by atoms with Crippen LogP contribution in [0.15, 0.2) is 23.2 Å². The Kier molecular flexibility index (Phi) is 4.92. The zero-order chi connectivity index (χ0) is 13.0. The molecule has 1 aliphatic heterocycles. The predicted octanol–water partition coefficient (Wildman–Crippen LogP) is 3.15. The fourth-order valence-corrected chi connectivity index (χ4v) is 2.81. The third-order valence-corrected chi connectivity index (χ3v) is 3.95. The second-order valence-corrected chi connectivity index (χ2v) is 5.75. The van der Waals surface area contributed by atoms with Crippen LogP contribution < -0.4 is 5.32 Å². The van der Waals surface area contributed by atoms with E-state index in [9.17, 15) is 4.79 Å². The minimum Gasteiger partial charge on any atom is -0.305 e. The lowest BCUT2D eigenvalue weighted by atomic mass is 10.1. The highest BCUT2D eigenvalue weighted by Crippen LogP contribution is 2.22. The summed E-state index contributed by atoms with van der Waals surface area (Å²) in [6.07, 6.45) is 0.987. The van der Waals surface area contributed by atoms with Gasteiger partial charge in [-0.3, -0.25) is 9.79 Å². The summed E-state index contributed by atoms with van der Waals surface area (Å²) in [5.74, 6) is 0.910. The summed E-state index contributed by atoms with van der Waals surface area (Å²) in [6.45, 7) is 0.781. The molecule has 96 valence electrons. The first kappa shape index (κ1) is 13.7. The Morgan fingerprint density at radius 1 is 1.44 bits per heavy atom. The largest absolute Gasteiger partial charge is 0.305 e. The standard InChI is InChI=1S/C12H12Cl2N2OS/c13-9-3-1-8(10(14)7-9)2-4-11(17)16-12-15-5-6-18-12/h1,3,7H,2,4-6H2,(H,15,16,17). The van der Waals surface area contributed by atoms with Gasteiger partial charge in [-0.15, -0.1) is 0 Å². The van der Waals surface area contributed by atoms with Gasteiger partial charge in [-0.2, -0.15) is 0 Å². The van der Waals surface area contributed by atoms with Gasteiger partial charge in [0, 0.05) is 22.2 Å². The van der Waals surface area contributed by atoms with Gasteiger partial charge in [0.1, 0.15) is 0 Å². The molecule has 1 aliphatic rings. The van der Waals surface area contributed by atoms with Crippen molar-refractivity contribution >= 4 is 46.0 Å². The predicted molar refractivity (Wildman–Crippen MR) is 77.7 cm³/mol. The van der Waals surface area contributed by atoms with Crippen molar-refractivity contribution in [3.63, 3.8) is 0 Å². The van der Waals surface area contributed by atoms with E-state index in [1.807, 2.05) is 6.07 Å². The van der Waals surface area contributed by atoms with Crippen molar-refractivity contribution in [3.05, 3.63) is 33.8 Å². The zero-order valence-corrected chi connectivity index (χ0v) is 11.9. The maximum atomic E-state index is 11.7. The first-order valence-electron chi connectivity index (χ1n) is 5.56. The van der Waals surface area contributed by atoms with Crippen LogP contribution in [0.3, 0.4) is 0 Å². The van der Waals surface area contributed by atoms with Crippen LogP contribution in [0, 0.1) is 0 Å². The molecule has 1 heterocycles. The van der Waals surface area contributed by atoms with Gasteiger partial charge in [0.25, 0.3) is 0 Å². The highest BCUT2D eigenvalue weighted by molar-refractivity contribution is 8.14. The van der Waals surface area contributed by atoms with Gasteiger partial charge in [-0.05, 0) is 24.1 Å². The molecule has 3 nitrogen and oxygen atoms in total. The Balaban J connectivity index is 1.85. The van der Waals surface area contributed by atoms with E-state index in [1.165, 1.54) is 0 Å². The van der Waals surface area contributed by atoms with Gasteiger partial charge < -0.3 is 5.32 Å². The van der Waals surface area contributed by atoms with Gasteiger partial charge in [0.05, 0.1) is 6.54 Å². The van der Waals surface area contributed by atoms with E-state index in [2.05, 4.69) is 10.3 Å². The maximum Gasteiger partial charge on any atom is 0.226 e. The van der Waals surface area contributed by atoms with E-state index in [1.54, 1.807) is 23.9 Å². The van der Waals surface area contributed by atoms with Crippen molar-refractivity contribution in [2.45, 2.75) is 12.8 Å². The molecule has 0 bridgehead atoms. The van der Waals surface area contributed by atoms with Gasteiger partial charge in [-0.25, -0.2) is 0 Å². The Hall–Kier alpha value is -0.710. The minimum absolute atomic E-state index is 0.0332. The summed E-state index contributed by atoms with van der Waals surface area (Å²) in [6, 6.07) is 5.31. The molecule has 1 aromatic rings. The second kappa shape index (κ2) is 6.45. The third kappa shape index (κ3) is 3.90. The number of rotatable bonds is 3. The molecule has 0 unspecified atom stereocenters. The smallest absolute Gasteiger partial charge is 0.226 e. The van der Waals surface area contributed by atoms with Crippen LogP contribution in [0.5, 0.6) is 0 Å². The van der Waals surface area contributed by atoms with E-state index in [0.29, 0.717) is 22.9 Å². The molecule has 1 N–H and O–H groups in total. The number of aryl methyl sites for hydroxylation is 1. The summed E-state index contributed by atoms with van der Waals surface area (Å²) < 4.78 is 0. The lowest BCUT2D eigenvalue weighted by molar-refractivity contribution is -0.119. The van der Waals surface area contributed by atoms with Gasteiger partial charge >= 0.3 is 0 Å². The summed E-state index contributed by atoms with van der Waals surface area (Å²) in [5, 5.41) is 4.71. The fraction of sp³-hybridized carbons (Fsp3) is 0.333. The number of amides is 1. The van der Waals surface area contributed by atoms with Crippen molar-refractivity contribution in [1.29, 1.82) is 0 Å². The molecule has 0 aromatic heterocycles. The molecule has 1 aromatic carbocycles. The van der Waals surface area contributed by atoms with Crippen molar-refractivity contribution < 1.29 is 4.79 Å². The number of carbonyl (C=O) groups is 1. The lowest BCUT2D eigenvalue weighted by Crippen LogP contribution is -2.27. The van der Waals surface area contributed by atoms with Gasteiger partial charge in [-0.1, -0.05) is 41.0 Å². The summed E-state index contributed by atoms with van der Waals surface area (Å²) in [5.41, 5.74) is 0.928. The molecule has 1 amide bonds. The van der Waals surface area contributed by atoms with Gasteiger partial charge in [0.15, 0.2) is 5.17 Å². The highest BCUT2D eigenvalue weighted by atomic mass is 35.5. The van der Waals surface area contributed by atoms with Crippen LogP contribution >= 0.6 is 35.0 Å². The molecule has 0 radical (unpaired) electrons. The Morgan fingerprint density at radius 3 is 2.94 bits per heavy atom. The molecular formula is C12H12Cl2N2OS. The number of thioether (sulfide) groups is 1. The number of hydrogen-bond acceptors (Lipinski definition) is 3. The maximum absolute atomic E-state index is 11.7. The molecule has 2 rings (SSSR count). The number of nitrogens with one attached hydrogen (secondary N) is 1. The van der Waals surface area contributed by atoms with E-state index in [-0.39, 0.29) is 5.91 Å². The van der Waals surface area contributed by atoms with Gasteiger partial charge in [0.2, 0.25) is 5.91 Å². The molecular weight excluding hydrogens is 291 g/mol. The second-order valence-electron chi connectivity index (χ2n) is 3.82. The first-order valence-corrected chi connectivity index (χ1v) is 7.30. The molecule has 0 atom stereocenters. The van der Waals surface area contributed by atoms with E-state index in [4.69, 9.17) is 23.2 Å². The fourth-order valence-electron chi connectivity index (χ4n) is 1.57. The number of aliphatic imine (C=N–C) groups is 1. The quantitative estimate of drug-likeness (QED) is 0.932. The normalized spacial score (nSPS) is 14.4. The van der Waals surface area contributed by atoms with Crippen LogP contribution in [0.4, 0.5) is 0 Å². The summed E-state index contributed by atoms with van der Waals surface area (Å²) >= 11 is 13.4. The lowest BCUT2D eigenvalue weighted by Gasteiger charge is -2.06. The third-order valence-electron chi connectivity index (χ3n) is 2.47. The van der Waals surface area contributed by atoms with Crippen LogP contribution in [0.2, 0.25) is 10.0 Å². The van der Waals surface area contributed by atoms with Crippen LogP contribution in [-0.4, -0.2) is 23.4 Å². The van der Waals surface area contributed by atoms with Crippen LogP contribution in [0.25, 0.3) is 0 Å². The average Bonchev–Trinajstić information content (AvgIpc) is 2.80. The minimum atomic E-state index is -0.0332. The number of hydrogen-bond donors (Lipinski definition) is 1. The number of halogens is 2. The molecule has 0 spiro atoms. The Labute approximate surface area is 120 Å². The molecule has 0 fully saturated rings. The average molecular weight is 303 g/mol. The molecule has 6 heteroatoms. The Morgan fingerprint density at radius 2 is 2.28 bits per heavy atom. The molecule has 0 saturated carbocycles. The van der Waals surface area contributed by atoms with Crippen molar-refractivity contribution in [3.8, 4) is 0 Å². The van der Waals surface area contributed by atoms with Crippen molar-refractivity contribution in [2.24, 2.45) is 4.99 Å². The molecule has 0 aliphatic carbocycles. The van der Waals surface area contributed by atoms with Crippen LogP contribution in [0.1, 0.15) is 12.0 Å². The van der Waals surface area contributed by atoms with Crippen molar-refractivity contribution in [1.82, 2.24) is 5.32 Å². The number of carbonyl (C=O) groups excluding carboxylic acids is 1. The first-order chi connectivity index (χ1) is 8.65. The van der Waals surface area contributed by atoms with E-state index in [0.717, 1.165) is 23.0 Å². The molecule has 0 saturated heterocycles. The van der Waals surface area contributed by atoms with E-state index < -0.39 is 0 Å². The van der Waals surface area contributed by atoms with E-state index >= 15 is 0 Å². The Bertz CT molecular complexity index is 491. The SMILES string of the molecule is O=C(CCc1ccc(Cl)cc1Cl)NC1=NCCS1. The summed E-state index contributed by atoms with van der Waals surface area (Å²) in [4.78, 5) is 15.8. The number of nitrogens with zero attached hydrogens (tertiary/aromatic N) is 1. The number of amidine groups is 1. The zero-order valence-electron chi connectivity index (χ0n) is 9.58. The molecule has 18 heavy (non-hydrogen) atoms. The van der Waals surface area contributed by atoms with Crippen LogP contribution in [-0.2, 0) is 11.2 Å². The summed E-state index contributed by atoms with van der Waals surface area (Å²) in [7, 11) is 0. The van der Waals surface area contributed by atoms with Crippen molar-refractivity contribution in [2.75, 3.05) is 12.3 Å². The number of benzene rings is 1. The monoisotopic (exact) mass is 302 g/mol. The highest BCUT2D eigenvalue weighted by Gasteiger charge is 2.11.